The van der Waals surface area contributed by atoms with Gasteiger partial charge in [0.15, 0.2) is 5.15 Å². The number of hydrogen-bond acceptors (Lipinski definition) is 5. The molecule has 0 atom stereocenters. The van der Waals surface area contributed by atoms with Crippen molar-refractivity contribution in [3.05, 3.63) is 35.9 Å². The van der Waals surface area contributed by atoms with Gasteiger partial charge < -0.3 is 10.1 Å². The standard InChI is InChI=1S/C12H12ClN5O2/c1-20-12(19)17(6-4-14)10-8-18(16-11(10)13)9-3-2-5-15-7-9/h2-5,7-8,14H,6H2,1H3. The molecule has 0 aliphatic carbocycles. The first-order valence-corrected chi connectivity index (χ1v) is 6.05. The van der Waals surface area contributed by atoms with Crippen molar-refractivity contribution in [2.75, 3.05) is 18.6 Å². The number of anilines is 1. The Morgan fingerprint density at radius 3 is 3.05 bits per heavy atom. The Morgan fingerprint density at radius 2 is 2.45 bits per heavy atom. The minimum Gasteiger partial charge on any atom is -0.452 e. The Kier molecular flexibility index (Phi) is 4.31. The lowest BCUT2D eigenvalue weighted by molar-refractivity contribution is 0.179. The first kappa shape index (κ1) is 14.0. The van der Waals surface area contributed by atoms with Crippen LogP contribution in [0.3, 0.4) is 0 Å². The van der Waals surface area contributed by atoms with Crippen LogP contribution in [0.4, 0.5) is 10.5 Å². The number of nitrogens with zero attached hydrogens (tertiary/aromatic N) is 4. The van der Waals surface area contributed by atoms with Gasteiger partial charge in [-0.05, 0) is 12.1 Å². The smallest absolute Gasteiger partial charge is 0.414 e. The number of amides is 1. The van der Waals surface area contributed by atoms with E-state index in [9.17, 15) is 4.79 Å². The fraction of sp³-hybridized carbons (Fsp3) is 0.167. The quantitative estimate of drug-likeness (QED) is 0.875. The summed E-state index contributed by atoms with van der Waals surface area (Å²) >= 11 is 6.05. The third-order valence-corrected chi connectivity index (χ3v) is 2.79. The van der Waals surface area contributed by atoms with Crippen LogP contribution in [0.15, 0.2) is 30.7 Å². The summed E-state index contributed by atoms with van der Waals surface area (Å²) in [6, 6.07) is 3.57. The summed E-state index contributed by atoms with van der Waals surface area (Å²) in [4.78, 5) is 16.9. The van der Waals surface area contributed by atoms with Crippen LogP contribution in [0.25, 0.3) is 5.69 Å². The van der Waals surface area contributed by atoms with E-state index >= 15 is 0 Å². The van der Waals surface area contributed by atoms with Crippen molar-refractivity contribution < 1.29 is 9.53 Å². The van der Waals surface area contributed by atoms with Crippen LogP contribution in [0.2, 0.25) is 5.15 Å². The molecule has 8 heteroatoms. The van der Waals surface area contributed by atoms with E-state index in [0.717, 1.165) is 6.21 Å². The third-order valence-electron chi connectivity index (χ3n) is 2.52. The van der Waals surface area contributed by atoms with Crippen molar-refractivity contribution in [1.82, 2.24) is 14.8 Å². The third kappa shape index (κ3) is 2.77. The fourth-order valence-corrected chi connectivity index (χ4v) is 1.85. The van der Waals surface area contributed by atoms with Crippen LogP contribution >= 0.6 is 11.6 Å². The molecule has 2 aromatic rings. The number of nitrogens with one attached hydrogen (secondary N) is 1. The highest BCUT2D eigenvalue weighted by Crippen LogP contribution is 2.26. The molecule has 1 N–H and O–H groups in total. The predicted octanol–water partition coefficient (Wildman–Crippen LogP) is 2.14. The van der Waals surface area contributed by atoms with Gasteiger partial charge in [-0.3, -0.25) is 9.88 Å². The molecule has 0 fully saturated rings. The maximum absolute atomic E-state index is 11.7. The van der Waals surface area contributed by atoms with Gasteiger partial charge in [0.2, 0.25) is 0 Å². The molecule has 0 unspecified atom stereocenters. The molecule has 0 aliphatic rings. The average molecular weight is 294 g/mol. The van der Waals surface area contributed by atoms with Gasteiger partial charge in [-0.2, -0.15) is 5.10 Å². The lowest BCUT2D eigenvalue weighted by atomic mass is 10.4. The first-order chi connectivity index (χ1) is 9.67. The van der Waals surface area contributed by atoms with Crippen molar-refractivity contribution in [2.24, 2.45) is 0 Å². The highest BCUT2D eigenvalue weighted by Gasteiger charge is 2.21. The highest BCUT2D eigenvalue weighted by atomic mass is 35.5. The van der Waals surface area contributed by atoms with Gasteiger partial charge >= 0.3 is 6.09 Å². The Hall–Kier alpha value is -2.41. The number of carbonyl (C=O) groups excluding carboxylic acids is 1. The minimum atomic E-state index is -0.610. The highest BCUT2D eigenvalue weighted by molar-refractivity contribution is 6.32. The number of ether oxygens (including phenoxy) is 1. The van der Waals surface area contributed by atoms with E-state index in [-0.39, 0.29) is 11.7 Å². The number of hydrogen-bond donors (Lipinski definition) is 1. The summed E-state index contributed by atoms with van der Waals surface area (Å²) < 4.78 is 6.17. The molecule has 0 bridgehead atoms. The number of methoxy groups -OCH3 is 1. The molecular formula is C12H12ClN5O2. The van der Waals surface area contributed by atoms with E-state index in [2.05, 4.69) is 14.8 Å². The Balaban J connectivity index is 2.39. The van der Waals surface area contributed by atoms with Gasteiger partial charge in [-0.15, -0.1) is 0 Å². The van der Waals surface area contributed by atoms with E-state index in [1.54, 1.807) is 30.7 Å². The lowest BCUT2D eigenvalue weighted by Crippen LogP contribution is -2.32. The normalized spacial score (nSPS) is 10.1. The van der Waals surface area contributed by atoms with E-state index in [0.29, 0.717) is 11.4 Å². The van der Waals surface area contributed by atoms with Crippen LogP contribution in [0, 0.1) is 5.41 Å². The molecule has 0 aliphatic heterocycles. The molecular weight excluding hydrogens is 282 g/mol. The largest absolute Gasteiger partial charge is 0.452 e. The summed E-state index contributed by atoms with van der Waals surface area (Å²) in [5.74, 6) is 0. The van der Waals surface area contributed by atoms with Crippen molar-refractivity contribution in [3.8, 4) is 5.69 Å². The summed E-state index contributed by atoms with van der Waals surface area (Å²) in [6.45, 7) is 0.0468. The second-order valence-electron chi connectivity index (χ2n) is 3.75. The second-order valence-corrected chi connectivity index (χ2v) is 4.10. The zero-order valence-electron chi connectivity index (χ0n) is 10.7. The lowest BCUT2D eigenvalue weighted by Gasteiger charge is -2.17. The molecule has 2 heterocycles. The molecule has 7 nitrogen and oxygen atoms in total. The van der Waals surface area contributed by atoms with Crippen LogP contribution in [0.5, 0.6) is 0 Å². The number of carbonyl (C=O) groups is 1. The van der Waals surface area contributed by atoms with Crippen molar-refractivity contribution in [2.45, 2.75) is 0 Å². The van der Waals surface area contributed by atoms with Crippen molar-refractivity contribution in [1.29, 1.82) is 5.41 Å². The van der Waals surface area contributed by atoms with Gasteiger partial charge in [0.1, 0.15) is 5.69 Å². The van der Waals surface area contributed by atoms with Gasteiger partial charge in [0, 0.05) is 12.4 Å². The van der Waals surface area contributed by atoms with Crippen LogP contribution in [-0.2, 0) is 4.74 Å². The molecule has 20 heavy (non-hydrogen) atoms. The number of halogens is 1. The summed E-state index contributed by atoms with van der Waals surface area (Å²) in [5.41, 5.74) is 1.08. The van der Waals surface area contributed by atoms with Gasteiger partial charge in [0.25, 0.3) is 0 Å². The minimum absolute atomic E-state index is 0.0468. The molecule has 2 aromatic heterocycles. The first-order valence-electron chi connectivity index (χ1n) is 5.67. The molecule has 2 rings (SSSR count). The molecule has 0 aromatic carbocycles. The summed E-state index contributed by atoms with van der Waals surface area (Å²) in [5, 5.41) is 11.4. The topological polar surface area (TPSA) is 84.1 Å². The van der Waals surface area contributed by atoms with Crippen LogP contribution < -0.4 is 4.90 Å². The average Bonchev–Trinajstić information content (AvgIpc) is 2.86. The summed E-state index contributed by atoms with van der Waals surface area (Å²) in [7, 11) is 1.26. The number of aromatic nitrogens is 3. The van der Waals surface area contributed by atoms with Crippen molar-refractivity contribution >= 4 is 29.6 Å². The van der Waals surface area contributed by atoms with E-state index < -0.39 is 6.09 Å². The van der Waals surface area contributed by atoms with Gasteiger partial charge in [-0.1, -0.05) is 11.6 Å². The second kappa shape index (κ2) is 6.16. The molecule has 0 spiro atoms. The van der Waals surface area contributed by atoms with Crippen molar-refractivity contribution in [3.63, 3.8) is 0 Å². The van der Waals surface area contributed by atoms with E-state index in [4.69, 9.17) is 17.0 Å². The number of rotatable bonds is 4. The molecule has 0 radical (unpaired) electrons. The van der Waals surface area contributed by atoms with Gasteiger partial charge in [0.05, 0.1) is 31.7 Å². The monoisotopic (exact) mass is 293 g/mol. The maximum Gasteiger partial charge on any atom is 0.414 e. The zero-order valence-corrected chi connectivity index (χ0v) is 11.4. The van der Waals surface area contributed by atoms with Crippen LogP contribution in [0.1, 0.15) is 0 Å². The SMILES string of the molecule is COC(=O)N(CC=N)c1cn(-c2cccnc2)nc1Cl. The molecule has 0 saturated carbocycles. The summed E-state index contributed by atoms with van der Waals surface area (Å²) in [6.07, 6.45) is 5.31. The Labute approximate surface area is 120 Å². The van der Waals surface area contributed by atoms with E-state index in [1.165, 1.54) is 16.7 Å². The van der Waals surface area contributed by atoms with Crippen LogP contribution in [-0.4, -0.2) is 40.7 Å². The van der Waals surface area contributed by atoms with E-state index in [1.807, 2.05) is 0 Å². The fourth-order valence-electron chi connectivity index (χ4n) is 1.62. The molecule has 1 amide bonds. The Morgan fingerprint density at radius 1 is 1.65 bits per heavy atom. The van der Waals surface area contributed by atoms with Gasteiger partial charge in [-0.25, -0.2) is 9.48 Å². The zero-order chi connectivity index (χ0) is 14.5. The maximum atomic E-state index is 11.7. The Bertz CT molecular complexity index is 614. The molecule has 104 valence electrons. The predicted molar refractivity (Wildman–Crippen MR) is 74.9 cm³/mol. The number of pyridine rings is 1. The molecule has 0 saturated heterocycles.